The number of aromatic nitrogens is 1. The number of carbonyl (C=O) groups excluding carboxylic acids is 1. The molecule has 1 heterocycles. The summed E-state index contributed by atoms with van der Waals surface area (Å²) in [5, 5.41) is 10.5. The molecule has 94 valence electrons. The highest BCUT2D eigenvalue weighted by Crippen LogP contribution is 2.36. The molecule has 0 atom stereocenters. The molecule has 5 heteroatoms. The molecule has 1 aromatic heterocycles. The van der Waals surface area contributed by atoms with Gasteiger partial charge >= 0.3 is 5.76 Å². The lowest BCUT2D eigenvalue weighted by Crippen LogP contribution is -2.31. The number of aromatic amines is 1. The third-order valence-corrected chi connectivity index (χ3v) is 3.59. The van der Waals surface area contributed by atoms with E-state index in [1.54, 1.807) is 18.2 Å². The minimum atomic E-state index is -0.988. The summed E-state index contributed by atoms with van der Waals surface area (Å²) >= 11 is 0. The lowest BCUT2D eigenvalue weighted by molar-refractivity contribution is -0.125. The van der Waals surface area contributed by atoms with Crippen molar-refractivity contribution in [2.45, 2.75) is 31.3 Å². The molecule has 0 amide bonds. The van der Waals surface area contributed by atoms with Gasteiger partial charge in [0.15, 0.2) is 5.58 Å². The smallest absolute Gasteiger partial charge is 0.408 e. The first-order valence-electron chi connectivity index (χ1n) is 5.94. The van der Waals surface area contributed by atoms with Crippen LogP contribution in [-0.4, -0.2) is 15.9 Å². The van der Waals surface area contributed by atoms with Gasteiger partial charge in [-0.2, -0.15) is 0 Å². The molecule has 0 spiro atoms. The van der Waals surface area contributed by atoms with Crippen molar-refractivity contribution >= 4 is 16.9 Å². The maximum Gasteiger partial charge on any atom is 0.417 e. The van der Waals surface area contributed by atoms with E-state index in [0.29, 0.717) is 42.3 Å². The lowest BCUT2D eigenvalue weighted by atomic mass is 9.79. The minimum absolute atomic E-state index is 0.189. The van der Waals surface area contributed by atoms with Crippen LogP contribution >= 0.6 is 0 Å². The van der Waals surface area contributed by atoms with E-state index >= 15 is 0 Å². The van der Waals surface area contributed by atoms with Crippen LogP contribution in [0.15, 0.2) is 27.4 Å². The molecule has 1 aliphatic carbocycles. The number of ketones is 1. The molecule has 5 nitrogen and oxygen atoms in total. The molecule has 0 saturated heterocycles. The van der Waals surface area contributed by atoms with E-state index in [4.69, 9.17) is 4.42 Å². The molecule has 3 rings (SSSR count). The van der Waals surface area contributed by atoms with Crippen molar-refractivity contribution in [3.8, 4) is 0 Å². The van der Waals surface area contributed by atoms with E-state index in [2.05, 4.69) is 4.98 Å². The van der Waals surface area contributed by atoms with Crippen molar-refractivity contribution in [3.63, 3.8) is 0 Å². The Morgan fingerprint density at radius 2 is 1.94 bits per heavy atom. The molecule has 18 heavy (non-hydrogen) atoms. The predicted octanol–water partition coefficient (Wildman–Crippen LogP) is 1.45. The van der Waals surface area contributed by atoms with Gasteiger partial charge in [0, 0.05) is 12.8 Å². The predicted molar refractivity (Wildman–Crippen MR) is 64.2 cm³/mol. The van der Waals surface area contributed by atoms with Crippen LogP contribution in [0.25, 0.3) is 11.1 Å². The van der Waals surface area contributed by atoms with Crippen LogP contribution in [0.2, 0.25) is 0 Å². The quantitative estimate of drug-likeness (QED) is 0.799. The second-order valence-electron chi connectivity index (χ2n) is 4.80. The van der Waals surface area contributed by atoms with Crippen molar-refractivity contribution in [2.75, 3.05) is 0 Å². The number of hydrogen-bond acceptors (Lipinski definition) is 4. The summed E-state index contributed by atoms with van der Waals surface area (Å²) < 4.78 is 4.98. The summed E-state index contributed by atoms with van der Waals surface area (Å²) in [5.74, 6) is -0.318. The van der Waals surface area contributed by atoms with E-state index in [0.717, 1.165) is 0 Å². The molecule has 1 aromatic carbocycles. The molecular weight excluding hydrogens is 234 g/mol. The number of carbonyl (C=O) groups is 1. The molecule has 1 saturated carbocycles. The Bertz CT molecular complexity index is 657. The van der Waals surface area contributed by atoms with Crippen molar-refractivity contribution in [3.05, 3.63) is 34.3 Å². The lowest BCUT2D eigenvalue weighted by Gasteiger charge is -2.31. The Balaban J connectivity index is 2.03. The molecule has 2 N–H and O–H groups in total. The third-order valence-electron chi connectivity index (χ3n) is 3.59. The summed E-state index contributed by atoms with van der Waals surface area (Å²) in [6.07, 6.45) is 1.63. The summed E-state index contributed by atoms with van der Waals surface area (Å²) in [5.41, 5.74) is 0.755. The molecule has 0 aliphatic heterocycles. The number of aliphatic hydroxyl groups is 1. The van der Waals surface area contributed by atoms with Gasteiger partial charge in [0.25, 0.3) is 0 Å². The molecule has 0 unspecified atom stereocenters. The molecule has 1 fully saturated rings. The van der Waals surface area contributed by atoms with E-state index in [1.165, 1.54) is 0 Å². The van der Waals surface area contributed by atoms with E-state index < -0.39 is 11.4 Å². The van der Waals surface area contributed by atoms with Gasteiger partial charge < -0.3 is 9.52 Å². The van der Waals surface area contributed by atoms with Crippen LogP contribution in [0, 0.1) is 0 Å². The number of Topliss-reactive ketones (excluding diaryl/α,β-unsaturated/α-hetero) is 1. The van der Waals surface area contributed by atoms with E-state index in [-0.39, 0.29) is 5.78 Å². The van der Waals surface area contributed by atoms with Crippen molar-refractivity contribution < 1.29 is 14.3 Å². The highest BCUT2D eigenvalue weighted by Gasteiger charge is 2.34. The van der Waals surface area contributed by atoms with Crippen molar-refractivity contribution in [1.82, 2.24) is 4.98 Å². The first-order valence-corrected chi connectivity index (χ1v) is 5.94. The Labute approximate surface area is 102 Å². The Morgan fingerprint density at radius 1 is 1.22 bits per heavy atom. The van der Waals surface area contributed by atoms with Crippen LogP contribution in [0.1, 0.15) is 31.2 Å². The topological polar surface area (TPSA) is 83.3 Å². The second kappa shape index (κ2) is 3.81. The molecular formula is C13H13NO4. The highest BCUT2D eigenvalue weighted by molar-refractivity contribution is 5.80. The first-order chi connectivity index (χ1) is 8.57. The number of hydrogen-bond donors (Lipinski definition) is 2. The molecule has 0 radical (unpaired) electrons. The fourth-order valence-electron chi connectivity index (χ4n) is 2.47. The van der Waals surface area contributed by atoms with Gasteiger partial charge in [-0.1, -0.05) is 6.07 Å². The number of benzene rings is 1. The van der Waals surface area contributed by atoms with Gasteiger partial charge in [0.1, 0.15) is 5.78 Å². The summed E-state index contributed by atoms with van der Waals surface area (Å²) in [6, 6.07) is 5.15. The second-order valence-corrected chi connectivity index (χ2v) is 4.80. The number of H-pyrrole nitrogens is 1. The zero-order chi connectivity index (χ0) is 12.8. The van der Waals surface area contributed by atoms with Gasteiger partial charge in [-0.3, -0.25) is 9.78 Å². The first kappa shape index (κ1) is 11.2. The van der Waals surface area contributed by atoms with Crippen LogP contribution in [0.4, 0.5) is 0 Å². The van der Waals surface area contributed by atoms with Gasteiger partial charge in [-0.15, -0.1) is 0 Å². The minimum Gasteiger partial charge on any atom is -0.408 e. The largest absolute Gasteiger partial charge is 0.417 e. The highest BCUT2D eigenvalue weighted by atomic mass is 16.4. The zero-order valence-corrected chi connectivity index (χ0v) is 9.73. The zero-order valence-electron chi connectivity index (χ0n) is 9.73. The van der Waals surface area contributed by atoms with E-state index in [1.807, 2.05) is 0 Å². The SMILES string of the molecule is O=C1CCC(O)(c2ccc3[nH]c(=O)oc3c2)CC1. The monoisotopic (exact) mass is 247 g/mol. The summed E-state index contributed by atoms with van der Waals surface area (Å²) in [7, 11) is 0. The standard InChI is InChI=1S/C13H13NO4/c15-9-3-5-13(17,6-4-9)8-1-2-10-11(7-8)18-12(16)14-10/h1-2,7,17H,3-6H2,(H,14,16). The van der Waals surface area contributed by atoms with Crippen LogP contribution < -0.4 is 5.76 Å². The number of fused-ring (bicyclic) bond motifs is 1. The normalized spacial score (nSPS) is 19.3. The third kappa shape index (κ3) is 1.76. The number of oxazole rings is 1. The summed E-state index contributed by atoms with van der Waals surface area (Å²) in [4.78, 5) is 24.8. The molecule has 2 aromatic rings. The fourth-order valence-corrected chi connectivity index (χ4v) is 2.47. The fraction of sp³-hybridized carbons (Fsp3) is 0.385. The van der Waals surface area contributed by atoms with Crippen LogP contribution in [0.3, 0.4) is 0 Å². The number of nitrogens with one attached hydrogen (secondary N) is 1. The molecule has 1 aliphatic rings. The van der Waals surface area contributed by atoms with Gasteiger partial charge in [0.2, 0.25) is 0 Å². The maximum absolute atomic E-state index is 11.2. The van der Waals surface area contributed by atoms with Gasteiger partial charge in [-0.25, -0.2) is 4.79 Å². The Morgan fingerprint density at radius 3 is 2.67 bits per heavy atom. The summed E-state index contributed by atoms with van der Waals surface area (Å²) in [6.45, 7) is 0. The van der Waals surface area contributed by atoms with Gasteiger partial charge in [0.05, 0.1) is 11.1 Å². The van der Waals surface area contributed by atoms with Crippen molar-refractivity contribution in [1.29, 1.82) is 0 Å². The Kier molecular flexibility index (Phi) is 2.38. The van der Waals surface area contributed by atoms with Crippen LogP contribution in [0.5, 0.6) is 0 Å². The van der Waals surface area contributed by atoms with Crippen LogP contribution in [-0.2, 0) is 10.4 Å². The average Bonchev–Trinajstić information content (AvgIpc) is 2.72. The molecule has 0 bridgehead atoms. The Hall–Kier alpha value is -1.88. The average molecular weight is 247 g/mol. The number of rotatable bonds is 1. The van der Waals surface area contributed by atoms with Crippen molar-refractivity contribution in [2.24, 2.45) is 0 Å². The van der Waals surface area contributed by atoms with E-state index in [9.17, 15) is 14.7 Å². The maximum atomic E-state index is 11.2. The van der Waals surface area contributed by atoms with Gasteiger partial charge in [-0.05, 0) is 30.5 Å².